The van der Waals surface area contributed by atoms with E-state index in [1.165, 1.54) is 17.4 Å². The van der Waals surface area contributed by atoms with Crippen LogP contribution in [0.15, 0.2) is 22.5 Å². The minimum Gasteiger partial charge on any atom is -0.258 e. The van der Waals surface area contributed by atoms with Gasteiger partial charge in [0.2, 0.25) is 0 Å². The van der Waals surface area contributed by atoms with Gasteiger partial charge in [0.15, 0.2) is 4.34 Å². The Hall–Kier alpha value is -1.14. The molecular weight excluding hydrogens is 256 g/mol. The van der Waals surface area contributed by atoms with Crippen molar-refractivity contribution < 1.29 is 4.92 Å². The molecule has 0 bridgehead atoms. The van der Waals surface area contributed by atoms with E-state index in [9.17, 15) is 10.1 Å². The molecule has 17 heavy (non-hydrogen) atoms. The number of thiazole rings is 1. The first kappa shape index (κ1) is 12.3. The largest absolute Gasteiger partial charge is 0.270 e. The number of nitro groups is 1. The normalized spacial score (nSPS) is 11.9. The second-order valence-electron chi connectivity index (χ2n) is 4.60. The number of nitro benzene ring substituents is 1. The Morgan fingerprint density at radius 1 is 1.41 bits per heavy atom. The Kier molecular flexibility index (Phi) is 3.09. The Bertz CT molecular complexity index is 572. The molecule has 0 unspecified atom stereocenters. The van der Waals surface area contributed by atoms with Gasteiger partial charge in [0.25, 0.3) is 5.69 Å². The third-order valence-electron chi connectivity index (χ3n) is 1.96. The van der Waals surface area contributed by atoms with Gasteiger partial charge in [0.1, 0.15) is 0 Å². The average Bonchev–Trinajstić information content (AvgIpc) is 2.54. The maximum atomic E-state index is 10.7. The van der Waals surface area contributed by atoms with Gasteiger partial charge in [-0.3, -0.25) is 10.1 Å². The quantitative estimate of drug-likeness (QED) is 0.467. The molecule has 0 atom stereocenters. The highest BCUT2D eigenvalue weighted by Crippen LogP contribution is 2.37. The molecule has 0 fully saturated rings. The van der Waals surface area contributed by atoms with E-state index in [0.29, 0.717) is 0 Å². The van der Waals surface area contributed by atoms with Crippen LogP contribution >= 0.6 is 23.1 Å². The second-order valence-corrected chi connectivity index (χ2v) is 7.71. The van der Waals surface area contributed by atoms with Crippen molar-refractivity contribution in [3.63, 3.8) is 0 Å². The van der Waals surface area contributed by atoms with Crippen LogP contribution in [0.25, 0.3) is 10.2 Å². The smallest absolute Gasteiger partial charge is 0.258 e. The van der Waals surface area contributed by atoms with Crippen LogP contribution in [0.3, 0.4) is 0 Å². The SMILES string of the molecule is CC(C)(C)Sc1nc2ccc([N+](=O)[O-])cc2s1. The molecule has 2 rings (SSSR count). The first-order chi connectivity index (χ1) is 7.85. The van der Waals surface area contributed by atoms with E-state index in [0.717, 1.165) is 14.6 Å². The molecule has 90 valence electrons. The Morgan fingerprint density at radius 2 is 2.12 bits per heavy atom. The topological polar surface area (TPSA) is 56.0 Å². The molecule has 0 aliphatic rings. The van der Waals surface area contributed by atoms with Gasteiger partial charge in [0, 0.05) is 16.9 Å². The summed E-state index contributed by atoms with van der Waals surface area (Å²) in [6.07, 6.45) is 0. The number of nitrogens with zero attached hydrogens (tertiary/aromatic N) is 2. The zero-order chi connectivity index (χ0) is 12.6. The number of thioether (sulfide) groups is 1. The number of hydrogen-bond donors (Lipinski definition) is 0. The van der Waals surface area contributed by atoms with Crippen molar-refractivity contribution in [2.24, 2.45) is 0 Å². The van der Waals surface area contributed by atoms with Crippen molar-refractivity contribution in [2.45, 2.75) is 29.9 Å². The Labute approximate surface area is 107 Å². The van der Waals surface area contributed by atoms with Gasteiger partial charge in [-0.15, -0.1) is 11.3 Å². The van der Waals surface area contributed by atoms with Gasteiger partial charge in [-0.05, 0) is 6.07 Å². The first-order valence-corrected chi connectivity index (χ1v) is 6.72. The summed E-state index contributed by atoms with van der Waals surface area (Å²) in [5.74, 6) is 0. The molecule has 0 N–H and O–H groups in total. The zero-order valence-corrected chi connectivity index (χ0v) is 11.4. The van der Waals surface area contributed by atoms with E-state index in [-0.39, 0.29) is 15.4 Å². The Morgan fingerprint density at radius 3 is 2.71 bits per heavy atom. The number of benzene rings is 1. The van der Waals surface area contributed by atoms with Crippen molar-refractivity contribution in [2.75, 3.05) is 0 Å². The van der Waals surface area contributed by atoms with E-state index < -0.39 is 0 Å². The van der Waals surface area contributed by atoms with Gasteiger partial charge in [-0.25, -0.2) is 4.98 Å². The molecule has 0 radical (unpaired) electrons. The summed E-state index contributed by atoms with van der Waals surface area (Å²) in [7, 11) is 0. The van der Waals surface area contributed by atoms with Gasteiger partial charge < -0.3 is 0 Å². The summed E-state index contributed by atoms with van der Waals surface area (Å²) in [6, 6.07) is 4.78. The number of hydrogen-bond acceptors (Lipinski definition) is 5. The van der Waals surface area contributed by atoms with Crippen molar-refractivity contribution >= 4 is 39.0 Å². The van der Waals surface area contributed by atoms with Crippen molar-refractivity contribution in [3.8, 4) is 0 Å². The second kappa shape index (κ2) is 4.27. The minimum atomic E-state index is -0.379. The molecule has 0 spiro atoms. The van der Waals surface area contributed by atoms with Crippen LogP contribution in [0.5, 0.6) is 0 Å². The predicted molar refractivity (Wildman–Crippen MR) is 71.9 cm³/mol. The summed E-state index contributed by atoms with van der Waals surface area (Å²) in [5, 5.41) is 10.7. The van der Waals surface area contributed by atoms with Crippen LogP contribution in [0, 0.1) is 10.1 Å². The van der Waals surface area contributed by atoms with Crippen molar-refractivity contribution in [1.29, 1.82) is 0 Å². The van der Waals surface area contributed by atoms with E-state index in [1.807, 2.05) is 0 Å². The molecule has 1 aromatic heterocycles. The highest BCUT2D eigenvalue weighted by atomic mass is 32.2. The Balaban J connectivity index is 2.40. The molecule has 0 aliphatic carbocycles. The van der Waals surface area contributed by atoms with Gasteiger partial charge >= 0.3 is 0 Å². The van der Waals surface area contributed by atoms with Crippen LogP contribution in [0.1, 0.15) is 20.8 Å². The predicted octanol–water partition coefficient (Wildman–Crippen LogP) is 4.10. The third-order valence-corrected chi connectivity index (χ3v) is 4.15. The molecular formula is C11H12N2O2S2. The summed E-state index contributed by atoms with van der Waals surface area (Å²) in [6.45, 7) is 6.35. The molecule has 0 aliphatic heterocycles. The van der Waals surface area contributed by atoms with E-state index in [2.05, 4.69) is 25.8 Å². The van der Waals surface area contributed by atoms with E-state index in [4.69, 9.17) is 0 Å². The van der Waals surface area contributed by atoms with Gasteiger partial charge in [0.05, 0.1) is 15.1 Å². The molecule has 4 nitrogen and oxygen atoms in total. The van der Waals surface area contributed by atoms with Crippen LogP contribution in [0.2, 0.25) is 0 Å². The number of rotatable bonds is 2. The standard InChI is InChI=1S/C11H12N2O2S2/c1-11(2,3)17-10-12-8-5-4-7(13(14)15)6-9(8)16-10/h4-6H,1-3H3. The summed E-state index contributed by atoms with van der Waals surface area (Å²) < 4.78 is 1.92. The van der Waals surface area contributed by atoms with Crippen LogP contribution in [-0.2, 0) is 0 Å². The lowest BCUT2D eigenvalue weighted by atomic mass is 10.3. The molecule has 6 heteroatoms. The van der Waals surface area contributed by atoms with Gasteiger partial charge in [-0.2, -0.15) is 0 Å². The number of non-ortho nitro benzene ring substituents is 1. The van der Waals surface area contributed by atoms with Crippen LogP contribution in [0.4, 0.5) is 5.69 Å². The van der Waals surface area contributed by atoms with E-state index in [1.54, 1.807) is 23.9 Å². The van der Waals surface area contributed by atoms with Crippen LogP contribution in [-0.4, -0.2) is 14.7 Å². The fraction of sp³-hybridized carbons (Fsp3) is 0.364. The lowest BCUT2D eigenvalue weighted by Crippen LogP contribution is -2.06. The monoisotopic (exact) mass is 268 g/mol. The summed E-state index contributed by atoms with van der Waals surface area (Å²) >= 11 is 3.18. The summed E-state index contributed by atoms with van der Waals surface area (Å²) in [5.41, 5.74) is 0.945. The lowest BCUT2D eigenvalue weighted by Gasteiger charge is -2.14. The zero-order valence-electron chi connectivity index (χ0n) is 9.76. The highest BCUT2D eigenvalue weighted by Gasteiger charge is 2.16. The summed E-state index contributed by atoms with van der Waals surface area (Å²) in [4.78, 5) is 14.7. The maximum absolute atomic E-state index is 10.7. The first-order valence-electron chi connectivity index (χ1n) is 5.09. The maximum Gasteiger partial charge on any atom is 0.270 e. The lowest BCUT2D eigenvalue weighted by molar-refractivity contribution is -0.384. The highest BCUT2D eigenvalue weighted by molar-refractivity contribution is 8.02. The number of aromatic nitrogens is 1. The fourth-order valence-corrected chi connectivity index (χ4v) is 3.90. The van der Waals surface area contributed by atoms with Crippen LogP contribution < -0.4 is 0 Å². The molecule has 1 heterocycles. The van der Waals surface area contributed by atoms with Crippen molar-refractivity contribution in [3.05, 3.63) is 28.3 Å². The minimum absolute atomic E-state index is 0.0970. The molecule has 0 saturated carbocycles. The van der Waals surface area contributed by atoms with Gasteiger partial charge in [-0.1, -0.05) is 32.5 Å². The molecule has 0 saturated heterocycles. The average molecular weight is 268 g/mol. The van der Waals surface area contributed by atoms with E-state index >= 15 is 0 Å². The molecule has 2 aromatic rings. The molecule has 0 amide bonds. The number of fused-ring (bicyclic) bond motifs is 1. The fourth-order valence-electron chi connectivity index (χ4n) is 1.31. The third kappa shape index (κ3) is 2.95. The van der Waals surface area contributed by atoms with Crippen molar-refractivity contribution in [1.82, 2.24) is 4.98 Å². The molecule has 1 aromatic carbocycles.